The molecule has 0 aliphatic carbocycles. The van der Waals surface area contributed by atoms with Crippen LogP contribution in [0, 0.1) is 0 Å². The van der Waals surface area contributed by atoms with E-state index in [1.165, 1.54) is 11.3 Å². The molecule has 0 saturated carbocycles. The predicted molar refractivity (Wildman–Crippen MR) is 101 cm³/mol. The van der Waals surface area contributed by atoms with Crippen LogP contribution in [0.2, 0.25) is 0 Å². The molecule has 6 nitrogen and oxygen atoms in total. The molecule has 3 heterocycles. The number of carbonyl (C=O) groups excluding carboxylic acids is 1. The lowest BCUT2D eigenvalue weighted by Crippen LogP contribution is -2.27. The fraction of sp³-hybridized carbons (Fsp3) is 0.222. The second kappa shape index (κ2) is 7.13. The first-order valence-corrected chi connectivity index (χ1v) is 9.68. The van der Waals surface area contributed by atoms with Crippen LogP contribution in [0.1, 0.15) is 29.0 Å². The third kappa shape index (κ3) is 3.34. The lowest BCUT2D eigenvalue weighted by molar-refractivity contribution is 0.0935. The Labute approximate surface area is 162 Å². The molecule has 1 aromatic carbocycles. The van der Waals surface area contributed by atoms with Gasteiger partial charge in [-0.3, -0.25) is 4.79 Å². The van der Waals surface area contributed by atoms with Crippen LogP contribution in [-0.2, 0) is 0 Å². The molecular formula is C18H15BrN2O4S. The monoisotopic (exact) mass is 434 g/mol. The SMILES string of the molecule is CC(NC(=O)c1csc(-c2ccco2)n1)c1cc2c(cc1Br)OCCO2. The molecule has 0 bridgehead atoms. The fourth-order valence-corrected chi connectivity index (χ4v) is 4.08. The van der Waals surface area contributed by atoms with Crippen molar-refractivity contribution in [1.29, 1.82) is 0 Å². The van der Waals surface area contributed by atoms with E-state index >= 15 is 0 Å². The zero-order valence-corrected chi connectivity index (χ0v) is 16.2. The minimum Gasteiger partial charge on any atom is -0.486 e. The number of fused-ring (bicyclic) bond motifs is 1. The van der Waals surface area contributed by atoms with E-state index in [1.54, 1.807) is 17.7 Å². The first-order valence-electron chi connectivity index (χ1n) is 8.01. The van der Waals surface area contributed by atoms with Crippen LogP contribution in [0.25, 0.3) is 10.8 Å². The number of halogens is 1. The summed E-state index contributed by atoms with van der Waals surface area (Å²) in [5.74, 6) is 1.79. The highest BCUT2D eigenvalue weighted by Gasteiger charge is 2.21. The number of hydrogen-bond acceptors (Lipinski definition) is 6. The summed E-state index contributed by atoms with van der Waals surface area (Å²) in [7, 11) is 0. The van der Waals surface area contributed by atoms with Crippen molar-refractivity contribution in [2.24, 2.45) is 0 Å². The minimum atomic E-state index is -0.242. The highest BCUT2D eigenvalue weighted by Crippen LogP contribution is 2.37. The maximum atomic E-state index is 12.5. The highest BCUT2D eigenvalue weighted by atomic mass is 79.9. The molecule has 1 aliphatic heterocycles. The van der Waals surface area contributed by atoms with Gasteiger partial charge in [0.15, 0.2) is 22.3 Å². The molecule has 0 radical (unpaired) electrons. The van der Waals surface area contributed by atoms with Gasteiger partial charge in [-0.15, -0.1) is 11.3 Å². The van der Waals surface area contributed by atoms with Gasteiger partial charge in [-0.25, -0.2) is 4.98 Å². The summed E-state index contributed by atoms with van der Waals surface area (Å²) < 4.78 is 17.4. The number of ether oxygens (including phenoxy) is 2. The fourth-order valence-electron chi connectivity index (χ4n) is 2.65. The van der Waals surface area contributed by atoms with Gasteiger partial charge in [0.05, 0.1) is 12.3 Å². The Morgan fingerprint density at radius 2 is 2.08 bits per heavy atom. The number of amides is 1. The van der Waals surface area contributed by atoms with E-state index in [0.29, 0.717) is 41.2 Å². The Hall–Kier alpha value is -2.32. The molecule has 1 N–H and O–H groups in total. The number of nitrogens with one attached hydrogen (secondary N) is 1. The van der Waals surface area contributed by atoms with Crippen molar-refractivity contribution < 1.29 is 18.7 Å². The van der Waals surface area contributed by atoms with Crippen molar-refractivity contribution in [2.75, 3.05) is 13.2 Å². The molecule has 0 fully saturated rings. The van der Waals surface area contributed by atoms with Crippen molar-refractivity contribution in [2.45, 2.75) is 13.0 Å². The molecule has 0 spiro atoms. The number of nitrogens with zero attached hydrogens (tertiary/aromatic N) is 1. The molecule has 26 heavy (non-hydrogen) atoms. The van der Waals surface area contributed by atoms with Gasteiger partial charge in [-0.05, 0) is 36.8 Å². The quantitative estimate of drug-likeness (QED) is 0.657. The number of aromatic nitrogens is 1. The molecule has 1 amide bonds. The van der Waals surface area contributed by atoms with E-state index in [1.807, 2.05) is 25.1 Å². The van der Waals surface area contributed by atoms with Gasteiger partial charge in [-0.1, -0.05) is 15.9 Å². The molecule has 1 aliphatic rings. The average Bonchev–Trinajstić information content (AvgIpc) is 3.32. The second-order valence-electron chi connectivity index (χ2n) is 5.73. The lowest BCUT2D eigenvalue weighted by atomic mass is 10.1. The van der Waals surface area contributed by atoms with E-state index in [9.17, 15) is 4.79 Å². The Morgan fingerprint density at radius 1 is 1.31 bits per heavy atom. The van der Waals surface area contributed by atoms with Gasteiger partial charge in [0.1, 0.15) is 18.9 Å². The van der Waals surface area contributed by atoms with Gasteiger partial charge in [0.25, 0.3) is 5.91 Å². The van der Waals surface area contributed by atoms with Crippen molar-refractivity contribution in [3.8, 4) is 22.3 Å². The average molecular weight is 435 g/mol. The molecule has 4 rings (SSSR count). The Balaban J connectivity index is 1.51. The van der Waals surface area contributed by atoms with Gasteiger partial charge in [0.2, 0.25) is 0 Å². The smallest absolute Gasteiger partial charge is 0.271 e. The first-order chi connectivity index (χ1) is 12.6. The lowest BCUT2D eigenvalue weighted by Gasteiger charge is -2.22. The molecule has 3 aromatic rings. The molecule has 0 saturated heterocycles. The minimum absolute atomic E-state index is 0.235. The van der Waals surface area contributed by atoms with Crippen LogP contribution in [0.5, 0.6) is 11.5 Å². The van der Waals surface area contributed by atoms with Crippen LogP contribution in [0.4, 0.5) is 0 Å². The van der Waals surface area contributed by atoms with Crippen LogP contribution in [0.15, 0.2) is 44.8 Å². The summed E-state index contributed by atoms with van der Waals surface area (Å²) in [5.41, 5.74) is 1.27. The number of rotatable bonds is 4. The van der Waals surface area contributed by atoms with Gasteiger partial charge >= 0.3 is 0 Å². The van der Waals surface area contributed by atoms with E-state index in [2.05, 4.69) is 26.2 Å². The van der Waals surface area contributed by atoms with Crippen molar-refractivity contribution in [3.05, 3.63) is 51.6 Å². The Kier molecular flexibility index (Phi) is 4.69. The van der Waals surface area contributed by atoms with Gasteiger partial charge in [-0.2, -0.15) is 0 Å². The van der Waals surface area contributed by atoms with Crippen LogP contribution >= 0.6 is 27.3 Å². The van der Waals surface area contributed by atoms with Crippen molar-refractivity contribution in [3.63, 3.8) is 0 Å². The largest absolute Gasteiger partial charge is 0.486 e. The highest BCUT2D eigenvalue weighted by molar-refractivity contribution is 9.10. The van der Waals surface area contributed by atoms with E-state index in [0.717, 1.165) is 10.0 Å². The number of hydrogen-bond donors (Lipinski definition) is 1. The normalized spacial score (nSPS) is 14.1. The number of benzene rings is 1. The topological polar surface area (TPSA) is 73.6 Å². The number of thiazole rings is 1. The maximum Gasteiger partial charge on any atom is 0.271 e. The molecule has 8 heteroatoms. The zero-order valence-electron chi connectivity index (χ0n) is 13.8. The zero-order chi connectivity index (χ0) is 18.1. The predicted octanol–water partition coefficient (Wildman–Crippen LogP) is 4.43. The summed E-state index contributed by atoms with van der Waals surface area (Å²) >= 11 is 4.91. The molecule has 1 atom stereocenters. The van der Waals surface area contributed by atoms with Gasteiger partial charge < -0.3 is 19.2 Å². The standard InChI is InChI=1S/C18H15BrN2O4S/c1-10(11-7-15-16(8-12(11)19)25-6-5-24-15)20-17(22)13-9-26-18(21-13)14-3-2-4-23-14/h2-4,7-10H,5-6H2,1H3,(H,20,22). The van der Waals surface area contributed by atoms with E-state index in [-0.39, 0.29) is 11.9 Å². The Bertz CT molecular complexity index is 939. The van der Waals surface area contributed by atoms with Crippen LogP contribution in [-0.4, -0.2) is 24.1 Å². The first kappa shape index (κ1) is 17.1. The molecular weight excluding hydrogens is 420 g/mol. The van der Waals surface area contributed by atoms with Gasteiger partial charge in [0, 0.05) is 9.85 Å². The summed E-state index contributed by atoms with van der Waals surface area (Å²) in [6.07, 6.45) is 1.58. The number of carbonyl (C=O) groups is 1. The van der Waals surface area contributed by atoms with Crippen molar-refractivity contribution in [1.82, 2.24) is 10.3 Å². The van der Waals surface area contributed by atoms with E-state index in [4.69, 9.17) is 13.9 Å². The van der Waals surface area contributed by atoms with Crippen LogP contribution in [0.3, 0.4) is 0 Å². The van der Waals surface area contributed by atoms with Crippen LogP contribution < -0.4 is 14.8 Å². The third-order valence-corrected chi connectivity index (χ3v) is 5.49. The molecule has 134 valence electrons. The molecule has 2 aromatic heterocycles. The second-order valence-corrected chi connectivity index (χ2v) is 7.44. The maximum absolute atomic E-state index is 12.5. The Morgan fingerprint density at radius 3 is 2.81 bits per heavy atom. The molecule has 1 unspecified atom stereocenters. The summed E-state index contributed by atoms with van der Waals surface area (Å²) in [6, 6.07) is 7.12. The van der Waals surface area contributed by atoms with Crippen molar-refractivity contribution >= 4 is 33.2 Å². The summed E-state index contributed by atoms with van der Waals surface area (Å²) in [6.45, 7) is 2.96. The summed E-state index contributed by atoms with van der Waals surface area (Å²) in [5, 5.41) is 5.36. The summed E-state index contributed by atoms with van der Waals surface area (Å²) in [4.78, 5) is 16.9. The third-order valence-electron chi connectivity index (χ3n) is 3.94. The van der Waals surface area contributed by atoms with E-state index < -0.39 is 0 Å². The number of furan rings is 1.